The van der Waals surface area contributed by atoms with Crippen LogP contribution in [0.5, 0.6) is 0 Å². The summed E-state index contributed by atoms with van der Waals surface area (Å²) in [5.74, 6) is -0.764. The number of carbonyl (C=O) groups excluding carboxylic acids is 2. The number of carbonyl (C=O) groups is 2. The normalized spacial score (nSPS) is 14.5. The van der Waals surface area contributed by atoms with E-state index in [9.17, 15) is 14.0 Å². The first kappa shape index (κ1) is 20.2. The molecule has 7 heteroatoms. The van der Waals surface area contributed by atoms with E-state index < -0.39 is 0 Å². The predicted molar refractivity (Wildman–Crippen MR) is 114 cm³/mol. The number of anilines is 1. The average Bonchev–Trinajstić information content (AvgIpc) is 3.30. The Kier molecular flexibility index (Phi) is 5.86. The first-order chi connectivity index (χ1) is 14.5. The van der Waals surface area contributed by atoms with Crippen molar-refractivity contribution < 1.29 is 14.0 Å². The molecule has 0 spiro atoms. The first-order valence-corrected chi connectivity index (χ1v) is 10.2. The fourth-order valence-electron chi connectivity index (χ4n) is 3.67. The lowest BCUT2D eigenvalue weighted by Crippen LogP contribution is -2.41. The van der Waals surface area contributed by atoms with Gasteiger partial charge in [-0.05, 0) is 67.4 Å². The minimum Gasteiger partial charge on any atom is -0.339 e. The molecule has 1 aromatic heterocycles. The van der Waals surface area contributed by atoms with Crippen LogP contribution in [-0.4, -0.2) is 34.4 Å². The minimum atomic E-state index is -0.372. The molecule has 1 aliphatic heterocycles. The van der Waals surface area contributed by atoms with E-state index in [2.05, 4.69) is 5.32 Å². The second-order valence-electron chi connectivity index (χ2n) is 7.31. The topological polar surface area (TPSA) is 54.3 Å². The highest BCUT2D eigenvalue weighted by Crippen LogP contribution is 2.27. The number of piperidine rings is 1. The van der Waals surface area contributed by atoms with Crippen molar-refractivity contribution in [1.82, 2.24) is 9.47 Å². The molecule has 2 heterocycles. The molecule has 4 rings (SSSR count). The van der Waals surface area contributed by atoms with E-state index in [1.165, 1.54) is 24.3 Å². The van der Waals surface area contributed by atoms with Crippen molar-refractivity contribution in [3.63, 3.8) is 0 Å². The fourth-order valence-corrected chi connectivity index (χ4v) is 3.84. The van der Waals surface area contributed by atoms with Gasteiger partial charge in [0.1, 0.15) is 5.82 Å². The van der Waals surface area contributed by atoms with Crippen molar-refractivity contribution in [3.8, 4) is 5.69 Å². The lowest BCUT2D eigenvalue weighted by atomic mass is 9.95. The zero-order valence-electron chi connectivity index (χ0n) is 16.2. The molecule has 0 unspecified atom stereocenters. The third kappa shape index (κ3) is 4.39. The van der Waals surface area contributed by atoms with Gasteiger partial charge in [-0.15, -0.1) is 0 Å². The van der Waals surface area contributed by atoms with Crippen LogP contribution in [0, 0.1) is 11.7 Å². The van der Waals surface area contributed by atoms with E-state index in [4.69, 9.17) is 11.6 Å². The van der Waals surface area contributed by atoms with Gasteiger partial charge in [-0.1, -0.05) is 11.6 Å². The SMILES string of the molecule is O=C(Nc1ccc(Cl)cc1-n1cccc1)C1CCN(C(=O)c2ccc(F)cc2)CC1. The van der Waals surface area contributed by atoms with Crippen LogP contribution in [-0.2, 0) is 4.79 Å². The molecule has 1 fully saturated rings. The fraction of sp³-hybridized carbons (Fsp3) is 0.217. The van der Waals surface area contributed by atoms with Crippen LogP contribution in [0.4, 0.5) is 10.1 Å². The van der Waals surface area contributed by atoms with Gasteiger partial charge < -0.3 is 14.8 Å². The summed E-state index contributed by atoms with van der Waals surface area (Å²) in [6.07, 6.45) is 4.93. The van der Waals surface area contributed by atoms with Crippen molar-refractivity contribution in [2.45, 2.75) is 12.8 Å². The van der Waals surface area contributed by atoms with Crippen molar-refractivity contribution in [2.24, 2.45) is 5.92 Å². The molecule has 0 atom stereocenters. The number of nitrogens with one attached hydrogen (secondary N) is 1. The van der Waals surface area contributed by atoms with E-state index in [1.54, 1.807) is 23.1 Å². The van der Waals surface area contributed by atoms with Gasteiger partial charge in [-0.3, -0.25) is 9.59 Å². The van der Waals surface area contributed by atoms with Gasteiger partial charge in [-0.2, -0.15) is 0 Å². The summed E-state index contributed by atoms with van der Waals surface area (Å²) in [4.78, 5) is 27.1. The lowest BCUT2D eigenvalue weighted by Gasteiger charge is -2.31. The first-order valence-electron chi connectivity index (χ1n) is 9.80. The zero-order valence-corrected chi connectivity index (χ0v) is 17.0. The van der Waals surface area contributed by atoms with Crippen LogP contribution in [0.2, 0.25) is 5.02 Å². The molecular formula is C23H21ClFN3O2. The van der Waals surface area contributed by atoms with Crippen molar-refractivity contribution in [1.29, 1.82) is 0 Å². The van der Waals surface area contributed by atoms with Gasteiger partial charge in [0.2, 0.25) is 5.91 Å². The van der Waals surface area contributed by atoms with E-state index >= 15 is 0 Å². The molecule has 2 amide bonds. The van der Waals surface area contributed by atoms with Gasteiger partial charge in [0.25, 0.3) is 5.91 Å². The Bertz CT molecular complexity index is 1040. The Labute approximate surface area is 179 Å². The van der Waals surface area contributed by atoms with Crippen molar-refractivity contribution in [3.05, 3.63) is 83.4 Å². The van der Waals surface area contributed by atoms with Crippen molar-refractivity contribution >= 4 is 29.1 Å². The number of benzene rings is 2. The van der Waals surface area contributed by atoms with E-state index in [1.807, 2.05) is 29.1 Å². The molecule has 1 N–H and O–H groups in total. The lowest BCUT2D eigenvalue weighted by molar-refractivity contribution is -0.121. The molecule has 1 saturated heterocycles. The third-order valence-electron chi connectivity index (χ3n) is 5.34. The highest BCUT2D eigenvalue weighted by atomic mass is 35.5. The number of amides is 2. The summed E-state index contributed by atoms with van der Waals surface area (Å²) >= 11 is 6.14. The van der Waals surface area contributed by atoms with Gasteiger partial charge >= 0.3 is 0 Å². The van der Waals surface area contributed by atoms with Crippen LogP contribution in [0.1, 0.15) is 23.2 Å². The zero-order chi connectivity index (χ0) is 21.1. The molecule has 0 bridgehead atoms. The number of nitrogens with zero attached hydrogens (tertiary/aromatic N) is 2. The summed E-state index contributed by atoms with van der Waals surface area (Å²) in [6, 6.07) is 14.7. The highest BCUT2D eigenvalue weighted by molar-refractivity contribution is 6.31. The Balaban J connectivity index is 1.40. The summed E-state index contributed by atoms with van der Waals surface area (Å²) in [7, 11) is 0. The largest absolute Gasteiger partial charge is 0.339 e. The Morgan fingerprint density at radius 3 is 2.33 bits per heavy atom. The maximum absolute atomic E-state index is 13.1. The second-order valence-corrected chi connectivity index (χ2v) is 7.75. The van der Waals surface area contributed by atoms with Crippen molar-refractivity contribution in [2.75, 3.05) is 18.4 Å². The maximum atomic E-state index is 13.1. The highest BCUT2D eigenvalue weighted by Gasteiger charge is 2.28. The molecule has 0 saturated carbocycles. The number of aromatic nitrogens is 1. The molecular weight excluding hydrogens is 405 g/mol. The predicted octanol–water partition coefficient (Wildman–Crippen LogP) is 4.76. The number of hydrogen-bond acceptors (Lipinski definition) is 2. The summed E-state index contributed by atoms with van der Waals surface area (Å²) in [5, 5.41) is 3.60. The van der Waals surface area contributed by atoms with Crippen LogP contribution >= 0.6 is 11.6 Å². The van der Waals surface area contributed by atoms with E-state index in [-0.39, 0.29) is 23.5 Å². The average molecular weight is 426 g/mol. The standard InChI is InChI=1S/C23H21ClFN3O2/c24-18-5-8-20(21(15-18)27-11-1-2-12-27)26-22(29)16-9-13-28(14-10-16)23(30)17-3-6-19(25)7-4-17/h1-8,11-12,15-16H,9-10,13-14H2,(H,26,29). The second kappa shape index (κ2) is 8.71. The third-order valence-corrected chi connectivity index (χ3v) is 5.58. The molecule has 1 aliphatic rings. The van der Waals surface area contributed by atoms with Crippen LogP contribution < -0.4 is 5.32 Å². The molecule has 30 heavy (non-hydrogen) atoms. The quantitative estimate of drug-likeness (QED) is 0.655. The number of likely N-dealkylation sites (tertiary alicyclic amines) is 1. The van der Waals surface area contributed by atoms with E-state index in [0.29, 0.717) is 42.2 Å². The molecule has 3 aromatic rings. The number of rotatable bonds is 4. The van der Waals surface area contributed by atoms with Gasteiger partial charge in [0.15, 0.2) is 0 Å². The molecule has 5 nitrogen and oxygen atoms in total. The summed E-state index contributed by atoms with van der Waals surface area (Å²) in [6.45, 7) is 0.971. The summed E-state index contributed by atoms with van der Waals surface area (Å²) < 4.78 is 15.0. The van der Waals surface area contributed by atoms with Gasteiger partial charge in [0, 0.05) is 42.0 Å². The monoisotopic (exact) mass is 425 g/mol. The minimum absolute atomic E-state index is 0.0698. The number of hydrogen-bond donors (Lipinski definition) is 1. The molecule has 0 aliphatic carbocycles. The van der Waals surface area contributed by atoms with Crippen LogP contribution in [0.15, 0.2) is 67.0 Å². The van der Waals surface area contributed by atoms with Gasteiger partial charge in [0.05, 0.1) is 11.4 Å². The Morgan fingerprint density at radius 2 is 1.67 bits per heavy atom. The van der Waals surface area contributed by atoms with Gasteiger partial charge in [-0.25, -0.2) is 4.39 Å². The molecule has 154 valence electrons. The number of halogens is 2. The Hall–Kier alpha value is -3.12. The van der Waals surface area contributed by atoms with E-state index in [0.717, 1.165) is 5.69 Å². The maximum Gasteiger partial charge on any atom is 0.253 e. The molecule has 2 aromatic carbocycles. The Morgan fingerprint density at radius 1 is 1.00 bits per heavy atom. The summed E-state index contributed by atoms with van der Waals surface area (Å²) in [5.41, 5.74) is 1.94. The smallest absolute Gasteiger partial charge is 0.253 e. The van der Waals surface area contributed by atoms with Crippen LogP contribution in [0.25, 0.3) is 5.69 Å². The van der Waals surface area contributed by atoms with Crippen LogP contribution in [0.3, 0.4) is 0 Å². The molecule has 0 radical (unpaired) electrons.